The molecule has 14 heteroatoms. The Morgan fingerprint density at radius 2 is 0.567 bits per heavy atom. The van der Waals surface area contributed by atoms with Crippen LogP contribution in [0.3, 0.4) is 0 Å². The number of fused-ring (bicyclic) bond motifs is 6. The fraction of sp³-hybridized carbons (Fsp3) is 0.0667. The van der Waals surface area contributed by atoms with E-state index < -0.39 is 21.4 Å². The molecule has 3 aliphatic heterocycles. The van der Waals surface area contributed by atoms with Gasteiger partial charge in [-0.25, -0.2) is 15.0 Å². The third kappa shape index (κ3) is 10.4. The zero-order valence-corrected chi connectivity index (χ0v) is 60.8. The van der Waals surface area contributed by atoms with Crippen LogP contribution in [0.1, 0.15) is 38.2 Å². The summed E-state index contributed by atoms with van der Waals surface area (Å²) < 4.78 is 51.9. The van der Waals surface area contributed by atoms with E-state index in [1.165, 1.54) is 20.9 Å². The highest BCUT2D eigenvalue weighted by atomic mass is 32.1. The van der Waals surface area contributed by atoms with Gasteiger partial charge in [-0.2, -0.15) is 0 Å². The average molecular weight is 1420 g/mol. The molecule has 0 amide bonds. The minimum atomic E-state index is -3.10. The van der Waals surface area contributed by atoms with Crippen LogP contribution in [0.25, 0.3) is 104 Å². The first-order valence-corrected chi connectivity index (χ1v) is 41.2. The van der Waals surface area contributed by atoms with Gasteiger partial charge in [-0.1, -0.05) is 233 Å². The van der Waals surface area contributed by atoms with E-state index in [1.54, 1.807) is 12.4 Å². The van der Waals surface area contributed by atoms with Crippen molar-refractivity contribution in [1.82, 2.24) is 33.6 Å². The summed E-state index contributed by atoms with van der Waals surface area (Å²) in [6.07, 6.45) is 5.98. The molecule has 3 atom stereocenters. The summed E-state index contributed by atoms with van der Waals surface area (Å²) in [5, 5.41) is 7.80. The van der Waals surface area contributed by atoms with Crippen LogP contribution >= 0.6 is 32.8 Å². The molecular weight excluding hydrogens is 1350 g/mol. The molecular formula is C90H68N7O3P3S. The zero-order valence-electron chi connectivity index (χ0n) is 57.3. The van der Waals surface area contributed by atoms with Crippen LogP contribution in [0.4, 0.5) is 0 Å². The van der Waals surface area contributed by atoms with E-state index in [1.807, 2.05) is 193 Å². The molecule has 0 spiro atoms. The third-order valence-electron chi connectivity index (χ3n) is 20.5. The smallest absolute Gasteiger partial charge is 0.175 e. The molecule has 0 saturated carbocycles. The highest BCUT2D eigenvalue weighted by molar-refractivity contribution is 7.87. The van der Waals surface area contributed by atoms with E-state index in [0.29, 0.717) is 0 Å². The second kappa shape index (κ2) is 26.1. The number of nitrogens with zero attached hydrogens (tertiary/aromatic N) is 7. The van der Waals surface area contributed by atoms with Gasteiger partial charge in [-0.15, -0.1) is 11.3 Å². The van der Waals surface area contributed by atoms with Gasteiger partial charge in [0.15, 0.2) is 21.4 Å². The summed E-state index contributed by atoms with van der Waals surface area (Å²) in [6.45, 7) is 6.37. The van der Waals surface area contributed by atoms with Gasteiger partial charge >= 0.3 is 0 Å². The summed E-state index contributed by atoms with van der Waals surface area (Å²) in [6, 6.07) is 105. The third-order valence-corrected chi connectivity index (χ3v) is 31.0. The standard InChI is InChI=1S/C37H27N2OPS.C27H21N2OP.C26H20N3OP/c1-2-36-38-30-14-9-15-33-37(30)39(36)31-24-28(20-21-32(31)41(33,40)29-12-7-4-8-13-29)25-16-18-27(19-17-25)35-23-22-34(42-35)26-10-5-3-6-11-26;1-2-26-28-22-14-9-15-25-27(22)29(26)23-18-20(19-10-5-3-6-11-19)16-17-24(23)31(25,30)21-12-7-4-8-13-21;1-2-25-28-21-9-6-10-24-26(21)29(25)22-17-19(18-13-15-27-16-14-18)11-12-23(22)31(24,30)20-7-4-3-5-8-20/h3-24H,2H2,1H3;3-18H,2H2,1H3;3-17H,2H2,1H3. The first kappa shape index (κ1) is 64.7. The molecule has 12 aromatic carbocycles. The monoisotopic (exact) mass is 1420 g/mol. The van der Waals surface area contributed by atoms with Crippen molar-refractivity contribution in [3.8, 4) is 71.3 Å². The summed E-state index contributed by atoms with van der Waals surface area (Å²) in [4.78, 5) is 21.4. The fourth-order valence-corrected chi connectivity index (χ4v) is 25.5. The molecule has 5 aromatic heterocycles. The van der Waals surface area contributed by atoms with E-state index in [2.05, 4.69) is 167 Å². The van der Waals surface area contributed by atoms with Gasteiger partial charge in [0.1, 0.15) is 17.5 Å². The van der Waals surface area contributed by atoms with Gasteiger partial charge in [-0.05, 0) is 142 Å². The minimum Gasteiger partial charge on any atom is -0.308 e. The van der Waals surface area contributed by atoms with Crippen LogP contribution in [0, 0.1) is 0 Å². The molecule has 8 heterocycles. The molecule has 3 aliphatic rings. The van der Waals surface area contributed by atoms with Crippen LogP contribution in [-0.2, 0) is 33.0 Å². The lowest BCUT2D eigenvalue weighted by atomic mass is 10.0. The summed E-state index contributed by atoms with van der Waals surface area (Å²) >= 11 is 1.81. The largest absolute Gasteiger partial charge is 0.308 e. The molecule has 0 bridgehead atoms. The Bertz CT molecular complexity index is 6110. The van der Waals surface area contributed by atoms with Crippen LogP contribution in [0.15, 0.2) is 322 Å². The van der Waals surface area contributed by atoms with Crippen molar-refractivity contribution in [1.29, 1.82) is 0 Å². The lowest BCUT2D eigenvalue weighted by molar-refractivity contribution is 0.591. The number of aryl methyl sites for hydroxylation is 3. The number of hydrogen-bond acceptors (Lipinski definition) is 8. The van der Waals surface area contributed by atoms with Gasteiger partial charge < -0.3 is 13.7 Å². The molecule has 3 unspecified atom stereocenters. The average Bonchev–Trinajstić information content (AvgIpc) is 1.39. The molecule has 104 heavy (non-hydrogen) atoms. The summed E-state index contributed by atoms with van der Waals surface area (Å²) in [7, 11) is -9.18. The maximum Gasteiger partial charge on any atom is 0.175 e. The second-order valence-electron chi connectivity index (χ2n) is 26.2. The number of benzene rings is 12. The molecule has 20 rings (SSSR count). The van der Waals surface area contributed by atoms with Crippen molar-refractivity contribution in [2.24, 2.45) is 0 Å². The van der Waals surface area contributed by atoms with E-state index >= 15 is 4.57 Å². The highest BCUT2D eigenvalue weighted by Gasteiger charge is 2.43. The van der Waals surface area contributed by atoms with Gasteiger partial charge in [0, 0.05) is 89.2 Å². The maximum atomic E-state index is 15.3. The zero-order chi connectivity index (χ0) is 70.3. The van der Waals surface area contributed by atoms with Gasteiger partial charge in [0.25, 0.3) is 0 Å². The number of imidazole rings is 3. The van der Waals surface area contributed by atoms with Crippen molar-refractivity contribution in [3.05, 3.63) is 339 Å². The molecule has 0 N–H and O–H groups in total. The number of aromatic nitrogens is 7. The molecule has 0 aliphatic carbocycles. The fourth-order valence-electron chi connectivity index (χ4n) is 15.6. The van der Waals surface area contributed by atoms with Crippen molar-refractivity contribution < 1.29 is 13.7 Å². The van der Waals surface area contributed by atoms with E-state index in [9.17, 15) is 9.13 Å². The van der Waals surface area contributed by atoms with Gasteiger partial charge in [0.2, 0.25) is 0 Å². The lowest BCUT2D eigenvalue weighted by Crippen LogP contribution is -2.33. The van der Waals surface area contributed by atoms with Gasteiger partial charge in [0.05, 0.1) is 50.2 Å². The highest BCUT2D eigenvalue weighted by Crippen LogP contribution is 2.53. The number of hydrogen-bond donors (Lipinski definition) is 0. The Hall–Kier alpha value is -11.4. The number of para-hydroxylation sites is 3. The molecule has 0 saturated heterocycles. The molecule has 10 nitrogen and oxygen atoms in total. The van der Waals surface area contributed by atoms with Crippen molar-refractivity contribution in [2.45, 2.75) is 40.0 Å². The van der Waals surface area contributed by atoms with Gasteiger partial charge in [-0.3, -0.25) is 18.7 Å². The van der Waals surface area contributed by atoms with Crippen LogP contribution in [0.2, 0.25) is 0 Å². The van der Waals surface area contributed by atoms with E-state index in [0.717, 1.165) is 168 Å². The summed E-state index contributed by atoms with van der Waals surface area (Å²) in [5.41, 5.74) is 17.6. The normalized spacial score (nSPS) is 16.4. The van der Waals surface area contributed by atoms with E-state index in [-0.39, 0.29) is 0 Å². The first-order valence-electron chi connectivity index (χ1n) is 35.2. The van der Waals surface area contributed by atoms with E-state index in [4.69, 9.17) is 15.0 Å². The molecule has 0 radical (unpaired) electrons. The number of thiophene rings is 1. The molecule has 0 fully saturated rings. The predicted octanol–water partition coefficient (Wildman–Crippen LogP) is 18.4. The number of rotatable bonds is 11. The Morgan fingerprint density at radius 3 is 0.913 bits per heavy atom. The predicted molar refractivity (Wildman–Crippen MR) is 433 cm³/mol. The van der Waals surface area contributed by atoms with Crippen LogP contribution < -0.4 is 47.7 Å². The van der Waals surface area contributed by atoms with Crippen LogP contribution in [0.5, 0.6) is 0 Å². The Balaban J connectivity index is 0.000000113. The minimum absolute atomic E-state index is 0.786. The van der Waals surface area contributed by atoms with Crippen molar-refractivity contribution >= 4 is 114 Å². The first-order chi connectivity index (χ1) is 51.1. The Kier molecular flexibility index (Phi) is 16.3. The quantitative estimate of drug-likeness (QED) is 0.118. The SMILES string of the molecule is CCc1nc2cccc3c2n1-c1cc(-c2ccc(-c4ccc(-c5ccccc5)s4)cc2)ccc1P3(=O)c1ccccc1.CCc1nc2cccc3c2n1-c1cc(-c2ccccc2)ccc1P3(=O)c1ccccc1.CCc1nc2cccc3c2n1-c1cc(-c2ccncc2)ccc1P3(=O)c1ccccc1. The van der Waals surface area contributed by atoms with Crippen molar-refractivity contribution in [2.75, 3.05) is 0 Å². The Morgan fingerprint density at radius 1 is 0.279 bits per heavy atom. The maximum absolute atomic E-state index is 15.3. The number of pyridine rings is 1. The molecule has 17 aromatic rings. The topological polar surface area (TPSA) is 118 Å². The van der Waals surface area contributed by atoms with Crippen LogP contribution in [-0.4, -0.2) is 33.6 Å². The lowest BCUT2D eigenvalue weighted by Gasteiger charge is -2.29. The summed E-state index contributed by atoms with van der Waals surface area (Å²) in [5.74, 6) is 2.96. The molecule has 502 valence electrons. The van der Waals surface area contributed by atoms with Crippen molar-refractivity contribution in [3.63, 3.8) is 0 Å². The Labute approximate surface area is 607 Å². The second-order valence-corrected chi connectivity index (χ2v) is 35.4.